The fourth-order valence-corrected chi connectivity index (χ4v) is 2.43. The SMILES string of the molecule is Cc1ccc(S(=O)(=O)NCc2ccccc2)cn1. The summed E-state index contributed by atoms with van der Waals surface area (Å²) in [4.78, 5) is 4.17. The van der Waals surface area contributed by atoms with Crippen molar-refractivity contribution < 1.29 is 8.42 Å². The Morgan fingerprint density at radius 2 is 1.83 bits per heavy atom. The molecule has 0 amide bonds. The maximum atomic E-state index is 12.0. The first-order chi connectivity index (χ1) is 8.58. The van der Waals surface area contributed by atoms with E-state index in [4.69, 9.17) is 0 Å². The highest BCUT2D eigenvalue weighted by molar-refractivity contribution is 7.89. The number of nitrogens with one attached hydrogen (secondary N) is 1. The molecule has 0 saturated heterocycles. The van der Waals surface area contributed by atoms with Gasteiger partial charge in [-0.05, 0) is 24.6 Å². The van der Waals surface area contributed by atoms with E-state index in [0.717, 1.165) is 11.3 Å². The van der Waals surface area contributed by atoms with E-state index < -0.39 is 10.0 Å². The van der Waals surface area contributed by atoms with Crippen molar-refractivity contribution >= 4 is 10.0 Å². The average Bonchev–Trinajstić information content (AvgIpc) is 2.38. The summed E-state index contributed by atoms with van der Waals surface area (Å²) in [5, 5.41) is 0. The van der Waals surface area contributed by atoms with Crippen molar-refractivity contribution in [3.05, 3.63) is 59.9 Å². The zero-order chi connectivity index (χ0) is 13.0. The third-order valence-electron chi connectivity index (χ3n) is 2.50. The maximum absolute atomic E-state index is 12.0. The number of nitrogens with zero attached hydrogens (tertiary/aromatic N) is 1. The third kappa shape index (κ3) is 3.15. The summed E-state index contributed by atoms with van der Waals surface area (Å²) in [6.07, 6.45) is 1.36. The van der Waals surface area contributed by atoms with Crippen LogP contribution in [0.3, 0.4) is 0 Å². The lowest BCUT2D eigenvalue weighted by Crippen LogP contribution is -2.23. The molecular weight excluding hydrogens is 248 g/mol. The lowest BCUT2D eigenvalue weighted by molar-refractivity contribution is 0.581. The van der Waals surface area contributed by atoms with E-state index in [-0.39, 0.29) is 11.4 Å². The van der Waals surface area contributed by atoms with Gasteiger partial charge in [-0.3, -0.25) is 4.98 Å². The van der Waals surface area contributed by atoms with E-state index >= 15 is 0 Å². The molecule has 1 N–H and O–H groups in total. The molecule has 0 fully saturated rings. The van der Waals surface area contributed by atoms with Gasteiger partial charge in [0.05, 0.1) is 0 Å². The van der Waals surface area contributed by atoms with Crippen molar-refractivity contribution in [1.82, 2.24) is 9.71 Å². The Bertz CT molecular complexity index is 607. The van der Waals surface area contributed by atoms with Crippen LogP contribution in [0.2, 0.25) is 0 Å². The average molecular weight is 262 g/mol. The first-order valence-electron chi connectivity index (χ1n) is 5.54. The van der Waals surface area contributed by atoms with Crippen LogP contribution in [0.4, 0.5) is 0 Å². The second-order valence-electron chi connectivity index (χ2n) is 3.95. The Morgan fingerprint density at radius 3 is 2.44 bits per heavy atom. The molecule has 4 nitrogen and oxygen atoms in total. The number of sulfonamides is 1. The smallest absolute Gasteiger partial charge is 0.242 e. The Labute approximate surface area is 107 Å². The maximum Gasteiger partial charge on any atom is 0.242 e. The summed E-state index contributed by atoms with van der Waals surface area (Å²) in [6.45, 7) is 2.09. The van der Waals surface area contributed by atoms with Gasteiger partial charge in [-0.1, -0.05) is 30.3 Å². The molecule has 0 aliphatic carbocycles. The van der Waals surface area contributed by atoms with E-state index in [0.29, 0.717) is 0 Å². The number of rotatable bonds is 4. The molecule has 0 saturated carbocycles. The number of hydrogen-bond donors (Lipinski definition) is 1. The lowest BCUT2D eigenvalue weighted by atomic mass is 10.2. The highest BCUT2D eigenvalue weighted by Crippen LogP contribution is 2.08. The molecule has 2 aromatic rings. The Hall–Kier alpha value is -1.72. The van der Waals surface area contributed by atoms with Crippen molar-refractivity contribution in [3.63, 3.8) is 0 Å². The van der Waals surface area contributed by atoms with Gasteiger partial charge in [-0.15, -0.1) is 0 Å². The van der Waals surface area contributed by atoms with Crippen LogP contribution in [0.15, 0.2) is 53.6 Å². The fourth-order valence-electron chi connectivity index (χ4n) is 1.47. The topological polar surface area (TPSA) is 59.1 Å². The molecule has 0 unspecified atom stereocenters. The van der Waals surface area contributed by atoms with Crippen LogP contribution in [0.1, 0.15) is 11.3 Å². The molecule has 18 heavy (non-hydrogen) atoms. The second-order valence-corrected chi connectivity index (χ2v) is 5.71. The fraction of sp³-hybridized carbons (Fsp3) is 0.154. The quantitative estimate of drug-likeness (QED) is 0.915. The van der Waals surface area contributed by atoms with Gasteiger partial charge >= 0.3 is 0 Å². The molecule has 0 bridgehead atoms. The molecule has 94 valence electrons. The minimum atomic E-state index is -3.49. The number of hydrogen-bond acceptors (Lipinski definition) is 3. The third-order valence-corrected chi connectivity index (χ3v) is 3.89. The van der Waals surface area contributed by atoms with E-state index in [2.05, 4.69) is 9.71 Å². The lowest BCUT2D eigenvalue weighted by Gasteiger charge is -2.06. The summed E-state index contributed by atoms with van der Waals surface area (Å²) in [7, 11) is -3.49. The van der Waals surface area contributed by atoms with Crippen LogP contribution in [0.25, 0.3) is 0 Å². The normalized spacial score (nSPS) is 11.4. The minimum absolute atomic E-state index is 0.184. The van der Waals surface area contributed by atoms with Gasteiger partial charge in [-0.2, -0.15) is 0 Å². The van der Waals surface area contributed by atoms with E-state index in [1.807, 2.05) is 37.3 Å². The predicted molar refractivity (Wildman–Crippen MR) is 69.4 cm³/mol. The van der Waals surface area contributed by atoms with Crippen LogP contribution in [-0.4, -0.2) is 13.4 Å². The molecule has 2 rings (SSSR count). The van der Waals surface area contributed by atoms with Crippen molar-refractivity contribution in [2.24, 2.45) is 0 Å². The van der Waals surface area contributed by atoms with Gasteiger partial charge in [0.2, 0.25) is 10.0 Å². The number of pyridine rings is 1. The second kappa shape index (κ2) is 5.29. The van der Waals surface area contributed by atoms with Crippen LogP contribution >= 0.6 is 0 Å². The van der Waals surface area contributed by atoms with E-state index in [1.165, 1.54) is 6.20 Å². The standard InChI is InChI=1S/C13H14N2O2S/c1-11-7-8-13(10-14-11)18(16,17)15-9-12-5-3-2-4-6-12/h2-8,10,15H,9H2,1H3. The first kappa shape index (κ1) is 12.7. The Morgan fingerprint density at radius 1 is 1.11 bits per heavy atom. The largest absolute Gasteiger partial charge is 0.260 e. The van der Waals surface area contributed by atoms with E-state index in [1.54, 1.807) is 12.1 Å². The van der Waals surface area contributed by atoms with Crippen LogP contribution in [0.5, 0.6) is 0 Å². The summed E-state index contributed by atoms with van der Waals surface area (Å²) < 4.78 is 26.5. The summed E-state index contributed by atoms with van der Waals surface area (Å²) in [5.74, 6) is 0. The zero-order valence-corrected chi connectivity index (χ0v) is 10.8. The van der Waals surface area contributed by atoms with Gasteiger partial charge in [0.15, 0.2) is 0 Å². The zero-order valence-electron chi connectivity index (χ0n) is 10.00. The predicted octanol–water partition coefficient (Wildman–Crippen LogP) is 1.87. The molecule has 0 aliphatic heterocycles. The van der Waals surface area contributed by atoms with Crippen molar-refractivity contribution in [3.8, 4) is 0 Å². The Kier molecular flexibility index (Phi) is 3.74. The summed E-state index contributed by atoms with van der Waals surface area (Å²) >= 11 is 0. The molecule has 0 spiro atoms. The molecule has 0 radical (unpaired) electrons. The first-order valence-corrected chi connectivity index (χ1v) is 7.02. The molecule has 1 aromatic carbocycles. The van der Waals surface area contributed by atoms with Gasteiger partial charge in [0.1, 0.15) is 4.90 Å². The number of aryl methyl sites for hydroxylation is 1. The number of benzene rings is 1. The van der Waals surface area contributed by atoms with Gasteiger partial charge < -0.3 is 0 Å². The summed E-state index contributed by atoms with van der Waals surface area (Å²) in [6, 6.07) is 12.6. The van der Waals surface area contributed by atoms with Crippen molar-refractivity contribution in [2.75, 3.05) is 0 Å². The molecule has 5 heteroatoms. The number of aromatic nitrogens is 1. The monoisotopic (exact) mass is 262 g/mol. The highest BCUT2D eigenvalue weighted by atomic mass is 32.2. The van der Waals surface area contributed by atoms with Crippen LogP contribution in [0, 0.1) is 6.92 Å². The van der Waals surface area contributed by atoms with Crippen LogP contribution in [-0.2, 0) is 16.6 Å². The summed E-state index contributed by atoms with van der Waals surface area (Å²) in [5.41, 5.74) is 1.71. The Balaban J connectivity index is 2.11. The van der Waals surface area contributed by atoms with Gasteiger partial charge in [0.25, 0.3) is 0 Å². The van der Waals surface area contributed by atoms with Gasteiger partial charge in [-0.25, -0.2) is 13.1 Å². The highest BCUT2D eigenvalue weighted by Gasteiger charge is 2.13. The molecule has 0 aliphatic rings. The van der Waals surface area contributed by atoms with Crippen molar-refractivity contribution in [1.29, 1.82) is 0 Å². The van der Waals surface area contributed by atoms with E-state index in [9.17, 15) is 8.42 Å². The van der Waals surface area contributed by atoms with Gasteiger partial charge in [0, 0.05) is 18.4 Å². The molecule has 1 aromatic heterocycles. The van der Waals surface area contributed by atoms with Crippen LogP contribution < -0.4 is 4.72 Å². The minimum Gasteiger partial charge on any atom is -0.260 e. The molecule has 0 atom stereocenters. The molecule has 1 heterocycles. The molecular formula is C13H14N2O2S. The van der Waals surface area contributed by atoms with Crippen molar-refractivity contribution in [2.45, 2.75) is 18.4 Å².